The van der Waals surface area contributed by atoms with Gasteiger partial charge in [0, 0.05) is 23.5 Å². The summed E-state index contributed by atoms with van der Waals surface area (Å²) in [4.78, 5) is 30.3. The Labute approximate surface area is 166 Å². The van der Waals surface area contributed by atoms with Crippen molar-refractivity contribution in [1.29, 1.82) is 0 Å². The summed E-state index contributed by atoms with van der Waals surface area (Å²) in [6.07, 6.45) is 5.69. The standard InChI is InChI=1S/C21H18N4O2S/c1-21(17-9-2-3-10-23-17)18(20(22)27)15(12-28-21)19(26)14-6-4-8-16-13(14)7-5-11-24-25-16/h2-6,8-12,18H,7H2,1H3,(H2,22,27). The molecule has 0 aliphatic carbocycles. The zero-order chi connectivity index (χ0) is 19.7. The minimum Gasteiger partial charge on any atom is -0.369 e. The number of Topliss-reactive ketones (excluding diaryl/α,β-unsaturated/α-hetero) is 1. The summed E-state index contributed by atoms with van der Waals surface area (Å²) in [7, 11) is 0. The number of rotatable bonds is 4. The van der Waals surface area contributed by atoms with Crippen LogP contribution in [0.15, 0.2) is 76.1 Å². The second kappa shape index (κ2) is 7.16. The van der Waals surface area contributed by atoms with Crippen LogP contribution in [0.25, 0.3) is 0 Å². The molecule has 28 heavy (non-hydrogen) atoms. The molecular weight excluding hydrogens is 372 g/mol. The highest BCUT2D eigenvalue weighted by Gasteiger charge is 2.49. The van der Waals surface area contributed by atoms with Gasteiger partial charge in [0.1, 0.15) is 0 Å². The maximum atomic E-state index is 13.5. The molecule has 0 saturated carbocycles. The number of pyridine rings is 1. The molecule has 0 bridgehead atoms. The highest BCUT2D eigenvalue weighted by Crippen LogP contribution is 2.52. The number of allylic oxidation sites excluding steroid dienone is 1. The first-order valence-corrected chi connectivity index (χ1v) is 9.71. The molecule has 4 rings (SSSR count). The Hall–Kier alpha value is -3.06. The van der Waals surface area contributed by atoms with Crippen LogP contribution in [-0.2, 0) is 16.0 Å². The second-order valence-corrected chi connectivity index (χ2v) is 8.10. The van der Waals surface area contributed by atoms with Gasteiger partial charge in [-0.2, -0.15) is 10.2 Å². The summed E-state index contributed by atoms with van der Waals surface area (Å²) in [5.74, 6) is -1.53. The maximum absolute atomic E-state index is 13.5. The maximum Gasteiger partial charge on any atom is 0.226 e. The molecular formula is C21H18N4O2S. The largest absolute Gasteiger partial charge is 0.369 e. The Kier molecular flexibility index (Phi) is 4.68. The number of aromatic nitrogens is 1. The molecule has 2 aliphatic heterocycles. The predicted octanol–water partition coefficient (Wildman–Crippen LogP) is 4.07. The van der Waals surface area contributed by atoms with Gasteiger partial charge in [-0.25, -0.2) is 0 Å². The van der Waals surface area contributed by atoms with Crippen LogP contribution in [0.1, 0.15) is 28.5 Å². The lowest BCUT2D eigenvalue weighted by Crippen LogP contribution is -2.39. The van der Waals surface area contributed by atoms with Crippen LogP contribution in [0.5, 0.6) is 0 Å². The van der Waals surface area contributed by atoms with Gasteiger partial charge in [0.15, 0.2) is 5.78 Å². The van der Waals surface area contributed by atoms with Crippen molar-refractivity contribution >= 4 is 29.1 Å². The van der Waals surface area contributed by atoms with Crippen molar-refractivity contribution in [3.63, 3.8) is 0 Å². The number of nitrogens with zero attached hydrogens (tertiary/aromatic N) is 3. The number of benzene rings is 1. The molecule has 1 amide bonds. The van der Waals surface area contributed by atoms with Crippen molar-refractivity contribution in [2.24, 2.45) is 21.9 Å². The fourth-order valence-electron chi connectivity index (χ4n) is 3.66. The third-order valence-corrected chi connectivity index (χ3v) is 6.37. The average molecular weight is 390 g/mol. The molecule has 0 fully saturated rings. The number of carbonyl (C=O) groups is 2. The van der Waals surface area contributed by atoms with Crippen molar-refractivity contribution in [1.82, 2.24) is 4.98 Å². The zero-order valence-electron chi connectivity index (χ0n) is 15.2. The van der Waals surface area contributed by atoms with Crippen LogP contribution >= 0.6 is 11.8 Å². The molecule has 2 unspecified atom stereocenters. The fourth-order valence-corrected chi connectivity index (χ4v) is 4.89. The van der Waals surface area contributed by atoms with Crippen LogP contribution < -0.4 is 5.73 Å². The number of hydrogen-bond acceptors (Lipinski definition) is 6. The third-order valence-electron chi connectivity index (χ3n) is 5.07. The first kappa shape index (κ1) is 18.3. The summed E-state index contributed by atoms with van der Waals surface area (Å²) in [6, 6.07) is 10.9. The van der Waals surface area contributed by atoms with Crippen molar-refractivity contribution in [3.8, 4) is 0 Å². The van der Waals surface area contributed by atoms with Gasteiger partial charge in [-0.15, -0.1) is 11.8 Å². The van der Waals surface area contributed by atoms with E-state index in [1.807, 2.05) is 37.3 Å². The molecule has 7 heteroatoms. The van der Waals surface area contributed by atoms with E-state index in [-0.39, 0.29) is 5.78 Å². The minimum atomic E-state index is -0.779. The van der Waals surface area contributed by atoms with E-state index in [2.05, 4.69) is 15.2 Å². The predicted molar refractivity (Wildman–Crippen MR) is 108 cm³/mol. The first-order valence-electron chi connectivity index (χ1n) is 8.83. The second-order valence-electron chi connectivity index (χ2n) is 6.79. The lowest BCUT2D eigenvalue weighted by molar-refractivity contribution is -0.121. The van der Waals surface area contributed by atoms with Gasteiger partial charge in [0.2, 0.25) is 5.91 Å². The molecule has 2 atom stereocenters. The number of azo groups is 1. The lowest BCUT2D eigenvalue weighted by atomic mass is 9.80. The van der Waals surface area contributed by atoms with Gasteiger partial charge in [0.05, 0.1) is 22.0 Å². The summed E-state index contributed by atoms with van der Waals surface area (Å²) in [5, 5.41) is 9.84. The number of primary amides is 1. The van der Waals surface area contributed by atoms with E-state index in [4.69, 9.17) is 5.73 Å². The average Bonchev–Trinajstić information content (AvgIpc) is 2.90. The molecule has 3 heterocycles. The molecule has 0 spiro atoms. The Bertz CT molecular complexity index is 1050. The Morgan fingerprint density at radius 2 is 2.07 bits per heavy atom. The highest BCUT2D eigenvalue weighted by atomic mass is 32.2. The Balaban J connectivity index is 1.76. The number of amides is 1. The molecule has 0 saturated heterocycles. The van der Waals surface area contributed by atoms with E-state index in [1.54, 1.807) is 29.9 Å². The molecule has 1 aromatic heterocycles. The molecule has 2 aromatic rings. The van der Waals surface area contributed by atoms with Crippen LogP contribution in [0.3, 0.4) is 0 Å². The number of hydrogen-bond donors (Lipinski definition) is 1. The molecule has 1 aromatic carbocycles. The number of fused-ring (bicyclic) bond motifs is 1. The molecule has 2 N–H and O–H groups in total. The van der Waals surface area contributed by atoms with Gasteiger partial charge < -0.3 is 5.73 Å². The van der Waals surface area contributed by atoms with E-state index < -0.39 is 16.6 Å². The van der Waals surface area contributed by atoms with E-state index in [0.29, 0.717) is 28.9 Å². The van der Waals surface area contributed by atoms with E-state index >= 15 is 0 Å². The van der Waals surface area contributed by atoms with Crippen molar-refractivity contribution in [2.45, 2.75) is 18.1 Å². The van der Waals surface area contributed by atoms with Crippen molar-refractivity contribution in [2.75, 3.05) is 0 Å². The topological polar surface area (TPSA) is 97.8 Å². The van der Waals surface area contributed by atoms with Gasteiger partial charge in [0.25, 0.3) is 0 Å². The van der Waals surface area contributed by atoms with Crippen LogP contribution in [-0.4, -0.2) is 16.7 Å². The lowest BCUT2D eigenvalue weighted by Gasteiger charge is -2.29. The van der Waals surface area contributed by atoms with E-state index in [0.717, 1.165) is 5.56 Å². The van der Waals surface area contributed by atoms with Gasteiger partial charge in [-0.3, -0.25) is 14.6 Å². The summed E-state index contributed by atoms with van der Waals surface area (Å²) in [5.41, 5.74) is 8.84. The molecule has 140 valence electrons. The quantitative estimate of drug-likeness (QED) is 0.796. The summed E-state index contributed by atoms with van der Waals surface area (Å²) < 4.78 is -0.733. The zero-order valence-corrected chi connectivity index (χ0v) is 16.0. The SMILES string of the molecule is CC1(c2ccccn2)SC=C(C(=O)c2cccc3c2CC=CN=N3)C1C(N)=O. The van der Waals surface area contributed by atoms with E-state index in [1.165, 1.54) is 11.8 Å². The van der Waals surface area contributed by atoms with E-state index in [9.17, 15) is 9.59 Å². The molecule has 0 radical (unpaired) electrons. The monoisotopic (exact) mass is 390 g/mol. The van der Waals surface area contributed by atoms with Crippen molar-refractivity contribution < 1.29 is 9.59 Å². The Morgan fingerprint density at radius 3 is 2.82 bits per heavy atom. The number of nitrogens with two attached hydrogens (primary N) is 1. The van der Waals surface area contributed by atoms with Crippen LogP contribution in [0.4, 0.5) is 5.69 Å². The van der Waals surface area contributed by atoms with Crippen LogP contribution in [0.2, 0.25) is 0 Å². The summed E-state index contributed by atoms with van der Waals surface area (Å²) >= 11 is 1.40. The summed E-state index contributed by atoms with van der Waals surface area (Å²) in [6.45, 7) is 1.90. The van der Waals surface area contributed by atoms with Gasteiger partial charge in [-0.1, -0.05) is 24.3 Å². The van der Waals surface area contributed by atoms with Crippen LogP contribution in [0, 0.1) is 5.92 Å². The minimum absolute atomic E-state index is 0.210. The van der Waals surface area contributed by atoms with Crippen molar-refractivity contribution in [3.05, 3.63) is 82.7 Å². The molecule has 6 nitrogen and oxygen atoms in total. The smallest absolute Gasteiger partial charge is 0.226 e. The first-order chi connectivity index (χ1) is 13.5. The number of carbonyl (C=O) groups excluding carboxylic acids is 2. The molecule has 2 aliphatic rings. The number of ketones is 1. The normalized spacial score (nSPS) is 23.0. The number of thioether (sulfide) groups is 1. The van der Waals surface area contributed by atoms with Gasteiger partial charge in [-0.05, 0) is 42.5 Å². The highest BCUT2D eigenvalue weighted by molar-refractivity contribution is 8.03. The fraction of sp³-hybridized carbons (Fsp3) is 0.190. The Morgan fingerprint density at radius 1 is 1.21 bits per heavy atom. The van der Waals surface area contributed by atoms with Gasteiger partial charge >= 0.3 is 0 Å². The third kappa shape index (κ3) is 2.97.